The van der Waals surface area contributed by atoms with Crippen LogP contribution in [0.2, 0.25) is 0 Å². The van der Waals surface area contributed by atoms with Crippen molar-refractivity contribution in [2.75, 3.05) is 40.4 Å². The second kappa shape index (κ2) is 19.3. The van der Waals surface area contributed by atoms with E-state index in [0.29, 0.717) is 51.1 Å². The maximum atomic E-state index is 14.7. The number of rotatable bonds is 10. The van der Waals surface area contributed by atoms with Gasteiger partial charge in [-0.05, 0) is 81.4 Å². The van der Waals surface area contributed by atoms with E-state index in [4.69, 9.17) is 19.4 Å². The number of methoxy groups -OCH3 is 1. The zero-order valence-electron chi connectivity index (χ0n) is 39.3. The molecule has 7 rings (SSSR count). The van der Waals surface area contributed by atoms with E-state index < -0.39 is 47.2 Å². The second-order valence-electron chi connectivity index (χ2n) is 18.9. The first kappa shape index (κ1) is 47.1. The molecule has 3 aliphatic rings. The molecule has 16 nitrogen and oxygen atoms in total. The van der Waals surface area contributed by atoms with Crippen LogP contribution in [0, 0.1) is 17.3 Å². The van der Waals surface area contributed by atoms with Gasteiger partial charge in [0, 0.05) is 87.4 Å². The third kappa shape index (κ3) is 9.46. The SMILES string of the molecule is C=CC(=O)N1CC[C@H](C(=O)N(C)[C@H](C(=O)N[C@H]2Cc3ncc(n3C)-c3ccc4c(c3)c(c(-c3cccnc3[C@H](C)OC)n4CC)CC(C)(C)COC(=O)[C@@H]3CCCN(N3)C2=O)C(C)C)C1. The number of likely N-dealkylation sites (N-methyl/N-ethyl adjacent to an activating group) is 1. The predicted molar refractivity (Wildman–Crippen MR) is 247 cm³/mol. The molecule has 2 N–H and O–H groups in total. The average molecular weight is 892 g/mol. The third-order valence-electron chi connectivity index (χ3n) is 13.4. The van der Waals surface area contributed by atoms with Crippen LogP contribution in [0.25, 0.3) is 33.4 Å². The Kier molecular flexibility index (Phi) is 14.0. The number of carbonyl (C=O) groups is 5. The lowest BCUT2D eigenvalue weighted by Gasteiger charge is -2.37. The summed E-state index contributed by atoms with van der Waals surface area (Å²) in [7, 11) is 5.18. The molecule has 6 heterocycles. The van der Waals surface area contributed by atoms with Crippen LogP contribution in [-0.4, -0.2) is 122 Å². The number of pyridine rings is 1. The van der Waals surface area contributed by atoms with Crippen molar-refractivity contribution in [1.82, 2.24) is 44.7 Å². The van der Waals surface area contributed by atoms with Gasteiger partial charge in [-0.1, -0.05) is 40.3 Å². The molecule has 0 spiro atoms. The largest absolute Gasteiger partial charge is 0.464 e. The van der Waals surface area contributed by atoms with Crippen LogP contribution in [0.4, 0.5) is 0 Å². The number of hydrogen-bond acceptors (Lipinski definition) is 10. The molecular weight excluding hydrogens is 827 g/mol. The van der Waals surface area contributed by atoms with Crippen LogP contribution in [-0.2, 0) is 59.9 Å². The summed E-state index contributed by atoms with van der Waals surface area (Å²) in [4.78, 5) is 82.0. The summed E-state index contributed by atoms with van der Waals surface area (Å²) in [5.74, 6) is -2.14. The number of hydrazine groups is 1. The van der Waals surface area contributed by atoms with Crippen LogP contribution in [0.3, 0.4) is 0 Å². The molecule has 16 heteroatoms. The summed E-state index contributed by atoms with van der Waals surface area (Å²) < 4.78 is 16.2. The Hall–Kier alpha value is -5.87. The number of amides is 4. The zero-order chi connectivity index (χ0) is 46.9. The van der Waals surface area contributed by atoms with Gasteiger partial charge >= 0.3 is 5.97 Å². The molecule has 2 fully saturated rings. The van der Waals surface area contributed by atoms with Crippen molar-refractivity contribution in [3.63, 3.8) is 0 Å². The van der Waals surface area contributed by atoms with Crippen molar-refractivity contribution >= 4 is 40.5 Å². The summed E-state index contributed by atoms with van der Waals surface area (Å²) in [6.07, 6.45) is 6.61. The number of aryl methyl sites for hydroxylation is 1. The number of likely N-dealkylation sites (tertiary alicyclic amines) is 1. The highest BCUT2D eigenvalue weighted by molar-refractivity contribution is 5.96. The number of hydrogen-bond donors (Lipinski definition) is 2. The molecule has 2 saturated heterocycles. The number of fused-ring (bicyclic) bond motifs is 6. The minimum absolute atomic E-state index is 0.0254. The number of imidazole rings is 1. The molecule has 0 unspecified atom stereocenters. The highest BCUT2D eigenvalue weighted by atomic mass is 16.5. The van der Waals surface area contributed by atoms with Crippen molar-refractivity contribution in [2.24, 2.45) is 24.3 Å². The number of benzene rings is 1. The van der Waals surface area contributed by atoms with Crippen LogP contribution in [0.5, 0.6) is 0 Å². The number of esters is 1. The van der Waals surface area contributed by atoms with Crippen molar-refractivity contribution in [3.8, 4) is 22.5 Å². The number of carbonyl (C=O) groups excluding carboxylic acids is 5. The van der Waals surface area contributed by atoms with Gasteiger partial charge in [0.25, 0.3) is 5.91 Å². The molecule has 0 saturated carbocycles. The molecule has 5 atom stereocenters. The van der Waals surface area contributed by atoms with Crippen molar-refractivity contribution in [2.45, 2.75) is 104 Å². The minimum Gasteiger partial charge on any atom is -0.464 e. The van der Waals surface area contributed by atoms with E-state index in [2.05, 4.69) is 66.9 Å². The van der Waals surface area contributed by atoms with Gasteiger partial charge in [0.2, 0.25) is 17.7 Å². The van der Waals surface area contributed by atoms with Gasteiger partial charge in [-0.2, -0.15) is 0 Å². The van der Waals surface area contributed by atoms with E-state index >= 15 is 0 Å². The molecule has 0 aliphatic carbocycles. The Labute approximate surface area is 381 Å². The van der Waals surface area contributed by atoms with Gasteiger partial charge in [-0.25, -0.2) is 10.4 Å². The highest BCUT2D eigenvalue weighted by Gasteiger charge is 2.40. The lowest BCUT2D eigenvalue weighted by atomic mass is 9.84. The lowest BCUT2D eigenvalue weighted by molar-refractivity contribution is -0.155. The van der Waals surface area contributed by atoms with E-state index in [1.807, 2.05) is 38.5 Å². The number of cyclic esters (lactones) is 1. The summed E-state index contributed by atoms with van der Waals surface area (Å²) in [6, 6.07) is 7.60. The highest BCUT2D eigenvalue weighted by Crippen LogP contribution is 2.42. The van der Waals surface area contributed by atoms with Crippen molar-refractivity contribution in [1.29, 1.82) is 0 Å². The number of ether oxygens (including phenoxy) is 2. The van der Waals surface area contributed by atoms with Crippen molar-refractivity contribution < 1.29 is 33.4 Å². The van der Waals surface area contributed by atoms with E-state index in [-0.39, 0.29) is 43.4 Å². The Morgan fingerprint density at radius 2 is 1.89 bits per heavy atom. The fraction of sp³-hybridized carbons (Fsp3) is 0.531. The van der Waals surface area contributed by atoms with E-state index in [1.54, 1.807) is 31.5 Å². The summed E-state index contributed by atoms with van der Waals surface area (Å²) >= 11 is 0. The van der Waals surface area contributed by atoms with Gasteiger partial charge in [0.05, 0.1) is 41.9 Å². The van der Waals surface area contributed by atoms with E-state index in [9.17, 15) is 24.0 Å². The standard InChI is InChI=1S/C49H65N9O7/c1-11-41(59)56-22-19-32(27-56)46(61)55(9)43(29(3)4)45(60)52-37-24-40-51-26-39(54(40)8)31-17-18-38-34(23-31)35(44(57(38)12-2)33-15-13-20-50-42(33)30(5)64-10)25-49(6,7)28-65-48(63)36-16-14-21-58(53-36)47(37)62/h11,13,15,17-18,20,23,26,29-30,32,36-37,43,53H,1,12,14,16,19,21-22,24-25,27-28H2,2-10H3,(H,52,60)/t30-,32-,36-,37-,43-/m0/s1. The zero-order valence-corrected chi connectivity index (χ0v) is 39.3. The van der Waals surface area contributed by atoms with Gasteiger partial charge in [-0.15, -0.1) is 0 Å². The first-order valence-electron chi connectivity index (χ1n) is 22.8. The first-order valence-corrected chi connectivity index (χ1v) is 22.8. The van der Waals surface area contributed by atoms with Gasteiger partial charge in [-0.3, -0.25) is 34.0 Å². The maximum Gasteiger partial charge on any atom is 0.324 e. The number of aromatic nitrogens is 4. The van der Waals surface area contributed by atoms with Crippen LogP contribution in [0.1, 0.15) is 84.0 Å². The normalized spacial score (nSPS) is 21.2. The third-order valence-corrected chi connectivity index (χ3v) is 13.4. The summed E-state index contributed by atoms with van der Waals surface area (Å²) in [5, 5.41) is 5.48. The Morgan fingerprint density at radius 3 is 2.60 bits per heavy atom. The van der Waals surface area contributed by atoms with Gasteiger partial charge in [0.1, 0.15) is 23.9 Å². The molecule has 65 heavy (non-hydrogen) atoms. The van der Waals surface area contributed by atoms with Crippen LogP contribution in [0.15, 0.2) is 55.4 Å². The molecule has 4 amide bonds. The fourth-order valence-corrected chi connectivity index (χ4v) is 9.84. The van der Waals surface area contributed by atoms with Crippen LogP contribution >= 0.6 is 0 Å². The monoisotopic (exact) mass is 892 g/mol. The second-order valence-corrected chi connectivity index (χ2v) is 18.9. The maximum absolute atomic E-state index is 14.7. The number of nitrogens with one attached hydrogen (secondary N) is 2. The molecular formula is C49H65N9O7. The first-order chi connectivity index (χ1) is 31.0. The van der Waals surface area contributed by atoms with Crippen LogP contribution < -0.4 is 10.7 Å². The molecule has 1 aromatic carbocycles. The summed E-state index contributed by atoms with van der Waals surface area (Å²) in [6.45, 7) is 17.4. The number of nitrogens with zero attached hydrogens (tertiary/aromatic N) is 7. The topological polar surface area (TPSA) is 173 Å². The quantitative estimate of drug-likeness (QED) is 0.163. The van der Waals surface area contributed by atoms with E-state index in [0.717, 1.165) is 44.7 Å². The van der Waals surface area contributed by atoms with Gasteiger partial charge in [0.15, 0.2) is 0 Å². The lowest BCUT2D eigenvalue weighted by Crippen LogP contribution is -2.62. The van der Waals surface area contributed by atoms with E-state index in [1.165, 1.54) is 16.0 Å². The predicted octanol–water partition coefficient (Wildman–Crippen LogP) is 5.00. The van der Waals surface area contributed by atoms with Crippen molar-refractivity contribution in [3.05, 3.63) is 72.5 Å². The molecule has 4 aromatic rings. The van der Waals surface area contributed by atoms with Gasteiger partial charge < -0.3 is 33.7 Å². The molecule has 3 aliphatic heterocycles. The smallest absolute Gasteiger partial charge is 0.324 e. The molecule has 348 valence electrons. The fourth-order valence-electron chi connectivity index (χ4n) is 9.84. The molecule has 0 radical (unpaired) electrons. The Bertz CT molecular complexity index is 2470. The summed E-state index contributed by atoms with van der Waals surface area (Å²) in [5.41, 5.74) is 9.33. The molecule has 3 aromatic heterocycles. The minimum atomic E-state index is -1.12. The average Bonchev–Trinajstić information content (AvgIpc) is 4.02. The molecule has 6 bridgehead atoms. The Balaban J connectivity index is 1.29. The Morgan fingerprint density at radius 1 is 1.12 bits per heavy atom.